The van der Waals surface area contributed by atoms with Crippen LogP contribution in [0.4, 0.5) is 0 Å². The van der Waals surface area contributed by atoms with Gasteiger partial charge in [-0.15, -0.1) is 0 Å². The van der Waals surface area contributed by atoms with Crippen LogP contribution in [-0.2, 0) is 0 Å². The Morgan fingerprint density at radius 1 is 0.400 bits per heavy atom. The Kier molecular flexibility index (Phi) is 14.0. The number of carboxylic acid groups (broad SMARTS) is 2. The Bertz CT molecular complexity index is 3640. The molecule has 11 rings (SSSR count). The van der Waals surface area contributed by atoms with Gasteiger partial charge in [0.1, 0.15) is 0 Å². The molecule has 0 radical (unpaired) electrons. The zero-order chi connectivity index (χ0) is 47.1. The number of H-pyrrole nitrogens is 2. The van der Waals surface area contributed by atoms with Crippen molar-refractivity contribution in [3.63, 3.8) is 0 Å². The van der Waals surface area contributed by atoms with Crippen molar-refractivity contribution in [2.24, 2.45) is 0 Å². The summed E-state index contributed by atoms with van der Waals surface area (Å²) in [6.07, 6.45) is 8.06. The number of carbonyl (C=O) groups is 2. The van der Waals surface area contributed by atoms with Gasteiger partial charge < -0.3 is 29.8 Å². The quantitative estimate of drug-likeness (QED) is 0.190. The zero-order valence-electron chi connectivity index (χ0n) is 40.4. The van der Waals surface area contributed by atoms with Gasteiger partial charge in [0, 0.05) is 55.4 Å². The van der Waals surface area contributed by atoms with Gasteiger partial charge in [0.2, 0.25) is 0 Å². The molecule has 2 aliphatic rings. The van der Waals surface area contributed by atoms with Gasteiger partial charge in [-0.2, -0.15) is 0 Å². The topological polar surface area (TPSA) is 138 Å². The van der Waals surface area contributed by atoms with Crippen LogP contribution in [0.3, 0.4) is 0 Å². The van der Waals surface area contributed by atoms with E-state index in [2.05, 4.69) is 87.9 Å². The minimum Gasteiger partial charge on any atom is -0.545 e. The first-order valence-corrected chi connectivity index (χ1v) is 22.6. The maximum atomic E-state index is 12.9. The molecule has 0 saturated heterocycles. The minimum absolute atomic E-state index is 0. The SMILES string of the molecule is Cc1cc(C)c(-c2c3nc(c(-c4cccc5cccc(C(=O)[O-])c45)c4ccc([nH]4)c(-c4c(C)cc(C)cc4C)c4nc(c(-c5cccc6cccc(C(=O)[O-])c56)c5ccc2[nH]5)C=C4)C=C3)c(C)c1.[K+].[K+]. The van der Waals surface area contributed by atoms with Crippen molar-refractivity contribution < 1.29 is 123 Å². The minimum atomic E-state index is -1.27. The molecule has 0 unspecified atom stereocenters. The maximum absolute atomic E-state index is 12.9. The van der Waals surface area contributed by atoms with Crippen LogP contribution in [0, 0.1) is 41.5 Å². The predicted molar refractivity (Wildman–Crippen MR) is 273 cm³/mol. The van der Waals surface area contributed by atoms with Crippen molar-refractivity contribution in [2.75, 3.05) is 0 Å². The molecule has 70 heavy (non-hydrogen) atoms. The first kappa shape index (κ1) is 49.6. The third-order valence-corrected chi connectivity index (χ3v) is 13.4. The molecule has 0 amide bonds. The number of hydrogen-bond donors (Lipinski definition) is 2. The second kappa shape index (κ2) is 19.7. The smallest absolute Gasteiger partial charge is 0.545 e. The Morgan fingerprint density at radius 2 is 0.700 bits per heavy atom. The van der Waals surface area contributed by atoms with Gasteiger partial charge in [-0.1, -0.05) is 108 Å². The number of benzene rings is 6. The summed E-state index contributed by atoms with van der Waals surface area (Å²) < 4.78 is 0. The number of aromatic carboxylic acids is 2. The van der Waals surface area contributed by atoms with Crippen molar-refractivity contribution >= 4 is 79.9 Å². The molecule has 2 aliphatic heterocycles. The van der Waals surface area contributed by atoms with Gasteiger partial charge in [0.25, 0.3) is 0 Å². The number of aromatic amines is 2. The van der Waals surface area contributed by atoms with E-state index in [0.717, 1.165) is 99.6 Å². The number of nitrogens with one attached hydrogen (secondary N) is 2. The fourth-order valence-electron chi connectivity index (χ4n) is 10.9. The summed E-state index contributed by atoms with van der Waals surface area (Å²) in [5.41, 5.74) is 19.1. The molecular formula is C60H44K2N4O4. The van der Waals surface area contributed by atoms with Crippen LogP contribution in [-0.4, -0.2) is 31.9 Å². The maximum Gasteiger partial charge on any atom is 1.00 e. The predicted octanol–water partition coefficient (Wildman–Crippen LogP) is 6.22. The summed E-state index contributed by atoms with van der Waals surface area (Å²) in [5, 5.41) is 28.4. The fourth-order valence-corrected chi connectivity index (χ4v) is 10.9. The van der Waals surface area contributed by atoms with E-state index in [1.807, 2.05) is 85.0 Å². The van der Waals surface area contributed by atoms with Gasteiger partial charge in [-0.3, -0.25) is 0 Å². The van der Waals surface area contributed by atoms with Gasteiger partial charge in [0.05, 0.1) is 34.7 Å². The van der Waals surface area contributed by atoms with Crippen LogP contribution < -0.4 is 113 Å². The van der Waals surface area contributed by atoms with E-state index < -0.39 is 11.9 Å². The molecule has 2 N–H and O–H groups in total. The van der Waals surface area contributed by atoms with Crippen LogP contribution in [0.1, 0.15) is 76.9 Å². The number of carboxylic acids is 2. The van der Waals surface area contributed by atoms with Crippen molar-refractivity contribution in [1.29, 1.82) is 0 Å². The second-order valence-corrected chi connectivity index (χ2v) is 18.0. The average molecular weight is 963 g/mol. The van der Waals surface area contributed by atoms with Gasteiger partial charge >= 0.3 is 103 Å². The van der Waals surface area contributed by atoms with Crippen LogP contribution in [0.25, 0.3) is 112 Å². The van der Waals surface area contributed by atoms with Crippen molar-refractivity contribution in [1.82, 2.24) is 19.9 Å². The standard InChI is InChI=1S/C60H46N4O4.2K/c1-31-27-33(3)51(34(4)28-31)57-47-23-19-43(61-47)55(39-15-7-11-37-13-9-17-41(53(37)39)59(65)66)45-21-25-49(63-45)58(52-35(5)29-32(2)30-36(52)6)50-26-22-46(64-50)56(44-20-24-48(57)62-44)40-16-8-12-38-14-10-18-42(54(38)40)60(67)68;;/h7-30,61,64H,1-6H3,(H,65,66)(H,67,68);;/q;2*+1/p-2. The van der Waals surface area contributed by atoms with E-state index in [4.69, 9.17) is 9.97 Å². The summed E-state index contributed by atoms with van der Waals surface area (Å²) in [7, 11) is 0. The molecule has 3 aromatic heterocycles. The van der Waals surface area contributed by atoms with Gasteiger partial charge in [-0.05, 0) is 156 Å². The van der Waals surface area contributed by atoms with Gasteiger partial charge in [0.15, 0.2) is 0 Å². The van der Waals surface area contributed by atoms with Crippen LogP contribution in [0.15, 0.2) is 121 Å². The molecule has 0 aliphatic carbocycles. The third-order valence-electron chi connectivity index (χ3n) is 13.4. The Hall–Kier alpha value is -5.35. The fraction of sp³-hybridized carbons (Fsp3) is 0.100. The van der Waals surface area contributed by atoms with E-state index in [-0.39, 0.29) is 114 Å². The average Bonchev–Trinajstić information content (AvgIpc) is 4.16. The molecule has 6 aromatic carbocycles. The molecule has 10 heteroatoms. The molecule has 5 heterocycles. The number of aromatic nitrogens is 4. The van der Waals surface area contributed by atoms with E-state index in [9.17, 15) is 19.8 Å². The van der Waals surface area contributed by atoms with Crippen molar-refractivity contribution in [3.05, 3.63) is 189 Å². The molecule has 8 nitrogen and oxygen atoms in total. The molecule has 9 aromatic rings. The number of nitrogens with zero attached hydrogens (tertiary/aromatic N) is 2. The molecule has 0 atom stereocenters. The third kappa shape index (κ3) is 8.57. The number of carbonyl (C=O) groups excluding carboxylic acids is 2. The zero-order valence-corrected chi connectivity index (χ0v) is 46.6. The summed E-state index contributed by atoms with van der Waals surface area (Å²) >= 11 is 0. The summed E-state index contributed by atoms with van der Waals surface area (Å²) in [4.78, 5) is 44.4. The Balaban J connectivity index is 0.00000304. The molecule has 0 fully saturated rings. The number of hydrogen-bond acceptors (Lipinski definition) is 6. The Labute approximate surface area is 490 Å². The van der Waals surface area contributed by atoms with Crippen LogP contribution in [0.5, 0.6) is 0 Å². The largest absolute Gasteiger partial charge is 1.00 e. The van der Waals surface area contributed by atoms with E-state index >= 15 is 0 Å². The van der Waals surface area contributed by atoms with Crippen LogP contribution in [0.2, 0.25) is 0 Å². The first-order valence-electron chi connectivity index (χ1n) is 22.6. The van der Waals surface area contributed by atoms with E-state index in [1.165, 1.54) is 0 Å². The van der Waals surface area contributed by atoms with Crippen molar-refractivity contribution in [3.8, 4) is 44.5 Å². The van der Waals surface area contributed by atoms with Crippen LogP contribution >= 0.6 is 0 Å². The summed E-state index contributed by atoms with van der Waals surface area (Å²) in [6, 6.07) is 39.0. The van der Waals surface area contributed by atoms with Crippen molar-refractivity contribution in [2.45, 2.75) is 41.5 Å². The summed E-state index contributed by atoms with van der Waals surface area (Å²) in [5.74, 6) is -2.53. The number of aryl methyl sites for hydroxylation is 6. The number of fused-ring (bicyclic) bond motifs is 10. The molecular weight excluding hydrogens is 919 g/mol. The normalized spacial score (nSPS) is 11.7. The van der Waals surface area contributed by atoms with Gasteiger partial charge in [-0.25, -0.2) is 9.97 Å². The molecule has 0 saturated carbocycles. The monoisotopic (exact) mass is 962 g/mol. The Morgan fingerprint density at radius 3 is 1.03 bits per heavy atom. The molecule has 8 bridgehead atoms. The second-order valence-electron chi connectivity index (χ2n) is 18.0. The van der Waals surface area contributed by atoms with E-state index in [0.29, 0.717) is 44.7 Å². The molecule has 0 spiro atoms. The number of rotatable bonds is 6. The van der Waals surface area contributed by atoms with E-state index in [1.54, 1.807) is 24.3 Å². The summed E-state index contributed by atoms with van der Waals surface area (Å²) in [6.45, 7) is 12.6. The molecule has 330 valence electrons. The first-order chi connectivity index (χ1) is 32.8.